The summed E-state index contributed by atoms with van der Waals surface area (Å²) < 4.78 is 0. The van der Waals surface area contributed by atoms with Crippen LogP contribution in [-0.4, -0.2) is 11.8 Å². The molecule has 6 heteroatoms. The summed E-state index contributed by atoms with van der Waals surface area (Å²) in [5, 5.41) is 5.53. The third-order valence-electron chi connectivity index (χ3n) is 2.54. The Morgan fingerprint density at radius 3 is 1.55 bits per heavy atom. The Kier molecular flexibility index (Phi) is 5.91. The first-order chi connectivity index (χ1) is 10.5. The van der Waals surface area contributed by atoms with Crippen LogP contribution in [0, 0.1) is 0 Å². The molecule has 2 N–H and O–H groups in total. The highest BCUT2D eigenvalue weighted by molar-refractivity contribution is 8.76. The molecule has 2 rings (SSSR count). The summed E-state index contributed by atoms with van der Waals surface area (Å²) in [7, 11) is 3.19. The van der Waals surface area contributed by atoms with E-state index in [1.807, 2.05) is 48.5 Å². The van der Waals surface area contributed by atoms with Gasteiger partial charge in [0.2, 0.25) is 11.8 Å². The van der Waals surface area contributed by atoms with Gasteiger partial charge in [-0.25, -0.2) is 0 Å². The van der Waals surface area contributed by atoms with Gasteiger partial charge < -0.3 is 10.6 Å². The number of nitrogens with one attached hydrogen (secondary N) is 2. The SMILES string of the molecule is CC(=O)Nc1cccc(SSc2cccc(NC(C)=O)c2)c1. The number of carbonyl (C=O) groups excluding carboxylic acids is 2. The largest absolute Gasteiger partial charge is 0.326 e. The topological polar surface area (TPSA) is 58.2 Å². The van der Waals surface area contributed by atoms with Crippen LogP contribution in [0.4, 0.5) is 11.4 Å². The highest BCUT2D eigenvalue weighted by Crippen LogP contribution is 2.38. The van der Waals surface area contributed by atoms with Gasteiger partial charge in [-0.3, -0.25) is 9.59 Å². The average molecular weight is 332 g/mol. The van der Waals surface area contributed by atoms with Crippen LogP contribution in [0.3, 0.4) is 0 Å². The minimum Gasteiger partial charge on any atom is -0.326 e. The number of hydrogen-bond donors (Lipinski definition) is 2. The molecule has 0 bridgehead atoms. The third-order valence-corrected chi connectivity index (χ3v) is 4.92. The molecule has 0 atom stereocenters. The molecule has 0 radical (unpaired) electrons. The minimum absolute atomic E-state index is 0.0854. The van der Waals surface area contributed by atoms with Crippen LogP contribution >= 0.6 is 21.6 Å². The van der Waals surface area contributed by atoms with Crippen molar-refractivity contribution in [2.45, 2.75) is 23.6 Å². The number of rotatable bonds is 5. The second kappa shape index (κ2) is 7.91. The summed E-state index contributed by atoms with van der Waals surface area (Å²) in [5.74, 6) is -0.171. The number of carbonyl (C=O) groups is 2. The van der Waals surface area contributed by atoms with Gasteiger partial charge in [-0.15, -0.1) is 0 Å². The van der Waals surface area contributed by atoms with E-state index in [1.165, 1.54) is 13.8 Å². The monoisotopic (exact) mass is 332 g/mol. The van der Waals surface area contributed by atoms with Crippen LogP contribution in [0.25, 0.3) is 0 Å². The lowest BCUT2D eigenvalue weighted by Gasteiger charge is -2.07. The first kappa shape index (κ1) is 16.5. The van der Waals surface area contributed by atoms with Gasteiger partial charge in [0.25, 0.3) is 0 Å². The van der Waals surface area contributed by atoms with Gasteiger partial charge >= 0.3 is 0 Å². The summed E-state index contributed by atoms with van der Waals surface area (Å²) >= 11 is 0. The molecule has 4 nitrogen and oxygen atoms in total. The molecule has 2 amide bonds. The van der Waals surface area contributed by atoms with Crippen molar-refractivity contribution in [3.05, 3.63) is 48.5 Å². The fraction of sp³-hybridized carbons (Fsp3) is 0.125. The Bertz CT molecular complexity index is 630. The predicted octanol–water partition coefficient (Wildman–Crippen LogP) is 4.40. The van der Waals surface area contributed by atoms with Gasteiger partial charge in [0, 0.05) is 35.0 Å². The molecule has 2 aromatic carbocycles. The van der Waals surface area contributed by atoms with E-state index in [-0.39, 0.29) is 11.8 Å². The summed E-state index contributed by atoms with van der Waals surface area (Å²) in [5.41, 5.74) is 1.56. The smallest absolute Gasteiger partial charge is 0.221 e. The number of amides is 2. The van der Waals surface area contributed by atoms with E-state index in [1.54, 1.807) is 21.6 Å². The second-order valence-corrected chi connectivity index (χ2v) is 6.86. The van der Waals surface area contributed by atoms with Gasteiger partial charge in [-0.1, -0.05) is 33.7 Å². The van der Waals surface area contributed by atoms with Crippen LogP contribution in [-0.2, 0) is 9.59 Å². The average Bonchev–Trinajstić information content (AvgIpc) is 2.44. The Morgan fingerprint density at radius 2 is 1.18 bits per heavy atom. The van der Waals surface area contributed by atoms with Crippen molar-refractivity contribution in [1.82, 2.24) is 0 Å². The van der Waals surface area contributed by atoms with Crippen molar-refractivity contribution >= 4 is 44.8 Å². The second-order valence-electron chi connectivity index (χ2n) is 4.58. The molecule has 0 spiro atoms. The molecule has 0 saturated heterocycles. The molecule has 0 aliphatic heterocycles. The van der Waals surface area contributed by atoms with Crippen molar-refractivity contribution in [2.75, 3.05) is 10.6 Å². The normalized spacial score (nSPS) is 10.1. The van der Waals surface area contributed by atoms with Crippen molar-refractivity contribution in [1.29, 1.82) is 0 Å². The summed E-state index contributed by atoms with van der Waals surface area (Å²) in [6.45, 7) is 2.98. The van der Waals surface area contributed by atoms with Crippen molar-refractivity contribution in [3.63, 3.8) is 0 Å². The van der Waals surface area contributed by atoms with E-state index in [0.717, 1.165) is 21.2 Å². The zero-order valence-electron chi connectivity index (χ0n) is 12.3. The molecule has 0 aliphatic carbocycles. The molecule has 114 valence electrons. The summed E-state index contributed by atoms with van der Waals surface area (Å²) in [6, 6.07) is 15.3. The van der Waals surface area contributed by atoms with Crippen molar-refractivity contribution in [3.8, 4) is 0 Å². The Hall–Kier alpha value is -1.92. The number of benzene rings is 2. The van der Waals surface area contributed by atoms with E-state index >= 15 is 0 Å². The lowest BCUT2D eigenvalue weighted by Crippen LogP contribution is -2.05. The van der Waals surface area contributed by atoms with Crippen LogP contribution in [0.15, 0.2) is 58.3 Å². The van der Waals surface area contributed by atoms with Crippen LogP contribution in [0.1, 0.15) is 13.8 Å². The maximum Gasteiger partial charge on any atom is 0.221 e. The molecular weight excluding hydrogens is 316 g/mol. The zero-order chi connectivity index (χ0) is 15.9. The van der Waals surface area contributed by atoms with Crippen LogP contribution < -0.4 is 10.6 Å². The molecule has 0 heterocycles. The van der Waals surface area contributed by atoms with Gasteiger partial charge in [0.1, 0.15) is 0 Å². The summed E-state index contributed by atoms with van der Waals surface area (Å²) in [4.78, 5) is 24.2. The highest BCUT2D eigenvalue weighted by Gasteiger charge is 2.02. The van der Waals surface area contributed by atoms with E-state index in [4.69, 9.17) is 0 Å². The number of hydrogen-bond acceptors (Lipinski definition) is 4. The molecule has 0 unspecified atom stereocenters. The number of anilines is 2. The van der Waals surface area contributed by atoms with E-state index in [2.05, 4.69) is 10.6 Å². The van der Waals surface area contributed by atoms with Crippen molar-refractivity contribution < 1.29 is 9.59 Å². The minimum atomic E-state index is -0.0854. The standard InChI is InChI=1S/C16H16N2O2S2/c1-11(19)17-13-5-3-7-15(9-13)21-22-16-8-4-6-14(10-16)18-12(2)20/h3-10H,1-2H3,(H,17,19)(H,18,20). The molecule has 22 heavy (non-hydrogen) atoms. The quantitative estimate of drug-likeness (QED) is 0.797. The molecule has 0 fully saturated rings. The van der Waals surface area contributed by atoms with Gasteiger partial charge in [0.05, 0.1) is 0 Å². The highest BCUT2D eigenvalue weighted by atomic mass is 33.1. The lowest BCUT2D eigenvalue weighted by molar-refractivity contribution is -0.115. The Balaban J connectivity index is 2.00. The molecule has 0 aromatic heterocycles. The van der Waals surface area contributed by atoms with E-state index in [0.29, 0.717) is 0 Å². The maximum absolute atomic E-state index is 11.1. The maximum atomic E-state index is 11.1. The first-order valence-electron chi connectivity index (χ1n) is 6.63. The van der Waals surface area contributed by atoms with E-state index < -0.39 is 0 Å². The Morgan fingerprint density at radius 1 is 0.773 bits per heavy atom. The molecule has 0 aliphatic rings. The summed E-state index contributed by atoms with van der Waals surface area (Å²) in [6.07, 6.45) is 0. The Labute approximate surface area is 137 Å². The molecule has 2 aromatic rings. The van der Waals surface area contributed by atoms with Gasteiger partial charge in [-0.2, -0.15) is 0 Å². The van der Waals surface area contributed by atoms with Crippen LogP contribution in [0.5, 0.6) is 0 Å². The van der Waals surface area contributed by atoms with E-state index in [9.17, 15) is 9.59 Å². The van der Waals surface area contributed by atoms with Crippen molar-refractivity contribution in [2.24, 2.45) is 0 Å². The molecule has 0 saturated carbocycles. The van der Waals surface area contributed by atoms with Gasteiger partial charge in [0.15, 0.2) is 0 Å². The first-order valence-corrected chi connectivity index (χ1v) is 8.78. The fourth-order valence-corrected chi connectivity index (χ4v) is 3.76. The van der Waals surface area contributed by atoms with Crippen LogP contribution in [0.2, 0.25) is 0 Å². The zero-order valence-corrected chi connectivity index (χ0v) is 13.9. The predicted molar refractivity (Wildman–Crippen MR) is 93.2 cm³/mol. The van der Waals surface area contributed by atoms with Gasteiger partial charge in [-0.05, 0) is 36.4 Å². The fourth-order valence-electron chi connectivity index (χ4n) is 1.75. The lowest BCUT2D eigenvalue weighted by atomic mass is 10.3. The third kappa shape index (κ3) is 5.46. The molecular formula is C16H16N2O2S2.